The molecule has 0 aliphatic carbocycles. The Morgan fingerprint density at radius 3 is 2.46 bits per heavy atom. The Bertz CT molecular complexity index is 1060. The summed E-state index contributed by atoms with van der Waals surface area (Å²) >= 11 is 1.36. The van der Waals surface area contributed by atoms with Crippen LogP contribution in [0.15, 0.2) is 41.3 Å². The van der Waals surface area contributed by atoms with E-state index in [0.29, 0.717) is 30.0 Å². The fourth-order valence-corrected chi connectivity index (χ4v) is 6.54. The largest absolute Gasteiger partial charge is 0.294 e. The van der Waals surface area contributed by atoms with Gasteiger partial charge in [0.15, 0.2) is 5.78 Å². The number of rotatable bonds is 7. The molecule has 0 spiro atoms. The molecular formula is C18H22N2O5S3. The van der Waals surface area contributed by atoms with Crippen molar-refractivity contribution in [2.24, 2.45) is 0 Å². The Labute approximate surface area is 169 Å². The van der Waals surface area contributed by atoms with Crippen LogP contribution >= 0.6 is 11.3 Å². The number of carbonyl (C=O) groups is 1. The molecule has 1 N–H and O–H groups in total. The van der Waals surface area contributed by atoms with Gasteiger partial charge in [-0.25, -0.2) is 21.6 Å². The molecule has 1 aromatic heterocycles. The van der Waals surface area contributed by atoms with Gasteiger partial charge in [-0.05, 0) is 62.6 Å². The molecule has 0 unspecified atom stereocenters. The maximum atomic E-state index is 12.5. The van der Waals surface area contributed by atoms with E-state index in [1.807, 2.05) is 6.07 Å². The van der Waals surface area contributed by atoms with E-state index < -0.39 is 20.0 Å². The van der Waals surface area contributed by atoms with E-state index in [2.05, 4.69) is 4.72 Å². The summed E-state index contributed by atoms with van der Waals surface area (Å²) in [6.07, 6.45) is 1.92. The third kappa shape index (κ3) is 4.80. The molecule has 152 valence electrons. The van der Waals surface area contributed by atoms with Gasteiger partial charge >= 0.3 is 0 Å². The number of nitrogens with zero attached hydrogens (tertiary/aromatic N) is 1. The van der Waals surface area contributed by atoms with Gasteiger partial charge in [0, 0.05) is 18.0 Å². The lowest BCUT2D eigenvalue weighted by Gasteiger charge is -2.28. The number of anilines is 1. The van der Waals surface area contributed by atoms with Crippen LogP contribution < -0.4 is 9.03 Å². The third-order valence-electron chi connectivity index (χ3n) is 4.46. The van der Waals surface area contributed by atoms with Gasteiger partial charge in [-0.15, -0.1) is 11.3 Å². The van der Waals surface area contributed by atoms with Crippen LogP contribution in [0.1, 0.15) is 34.3 Å². The van der Waals surface area contributed by atoms with Crippen LogP contribution in [-0.2, 0) is 26.5 Å². The third-order valence-corrected chi connectivity index (χ3v) is 9.05. The first-order chi connectivity index (χ1) is 13.2. The normalized spacial score (nSPS) is 16.8. The summed E-state index contributed by atoms with van der Waals surface area (Å²) in [6, 6.07) is 9.45. The van der Waals surface area contributed by atoms with Gasteiger partial charge in [0.1, 0.15) is 0 Å². The van der Waals surface area contributed by atoms with Crippen LogP contribution in [0.4, 0.5) is 5.69 Å². The van der Waals surface area contributed by atoms with Gasteiger partial charge in [0.2, 0.25) is 20.0 Å². The predicted molar refractivity (Wildman–Crippen MR) is 110 cm³/mol. The van der Waals surface area contributed by atoms with Crippen molar-refractivity contribution >= 4 is 42.9 Å². The highest BCUT2D eigenvalue weighted by Crippen LogP contribution is 2.25. The molecule has 0 bridgehead atoms. The number of hydrogen-bond donors (Lipinski definition) is 1. The van der Waals surface area contributed by atoms with Crippen molar-refractivity contribution in [2.45, 2.75) is 31.1 Å². The SMILES string of the molecule is CC(=O)c1ccc(CCNS(=O)(=O)c2ccc(N3CCCCS3(=O)=O)cc2)s1. The summed E-state index contributed by atoms with van der Waals surface area (Å²) in [4.78, 5) is 13.0. The van der Waals surface area contributed by atoms with Crippen LogP contribution in [0.2, 0.25) is 0 Å². The van der Waals surface area contributed by atoms with Crippen LogP contribution in [0, 0.1) is 0 Å². The Kier molecular flexibility index (Phi) is 6.23. The van der Waals surface area contributed by atoms with Gasteiger partial charge in [0.05, 0.1) is 21.2 Å². The standard InChI is InChI=1S/C18H22N2O5S3/c1-14(21)18-9-6-16(26-18)10-11-19-28(24,25)17-7-4-15(5-8-17)20-12-2-3-13-27(20,22)23/h4-9,19H,2-3,10-13H2,1H3. The molecule has 1 fully saturated rings. The number of carbonyl (C=O) groups excluding carboxylic acids is 1. The summed E-state index contributed by atoms with van der Waals surface area (Å²) in [5, 5.41) is 0. The first-order valence-corrected chi connectivity index (χ1v) is 12.8. The Hall–Kier alpha value is -1.75. The lowest BCUT2D eigenvalue weighted by molar-refractivity contribution is 0.102. The lowest BCUT2D eigenvalue weighted by Crippen LogP contribution is -2.37. The number of nitrogens with one attached hydrogen (secondary N) is 1. The minimum absolute atomic E-state index is 0.00681. The second kappa shape index (κ2) is 8.32. The monoisotopic (exact) mass is 442 g/mol. The molecule has 1 aliphatic heterocycles. The van der Waals surface area contributed by atoms with Crippen molar-refractivity contribution < 1.29 is 21.6 Å². The number of sulfonamides is 2. The molecule has 7 nitrogen and oxygen atoms in total. The van der Waals surface area contributed by atoms with E-state index in [4.69, 9.17) is 0 Å². The van der Waals surface area contributed by atoms with E-state index in [1.165, 1.54) is 46.8 Å². The summed E-state index contributed by atoms with van der Waals surface area (Å²) in [7, 11) is -7.02. The second-order valence-electron chi connectivity index (χ2n) is 6.56. The molecule has 0 saturated carbocycles. The van der Waals surface area contributed by atoms with Crippen molar-refractivity contribution in [2.75, 3.05) is 23.1 Å². The number of thiophene rings is 1. The summed E-state index contributed by atoms with van der Waals surface area (Å²) in [5.74, 6) is 0.107. The van der Waals surface area contributed by atoms with E-state index in [9.17, 15) is 21.6 Å². The molecule has 1 aromatic carbocycles. The number of ketones is 1. The van der Waals surface area contributed by atoms with Gasteiger partial charge < -0.3 is 0 Å². The average Bonchev–Trinajstić information content (AvgIpc) is 3.11. The first kappa shape index (κ1) is 21.0. The molecule has 0 radical (unpaired) electrons. The average molecular weight is 443 g/mol. The van der Waals surface area contributed by atoms with Gasteiger partial charge in [-0.2, -0.15) is 0 Å². The molecule has 10 heteroatoms. The molecule has 2 heterocycles. The van der Waals surface area contributed by atoms with Crippen LogP contribution in [0.25, 0.3) is 0 Å². The minimum Gasteiger partial charge on any atom is -0.294 e. The summed E-state index contributed by atoms with van der Waals surface area (Å²) in [5.41, 5.74) is 0.481. The van der Waals surface area contributed by atoms with Gasteiger partial charge in [0.25, 0.3) is 0 Å². The van der Waals surface area contributed by atoms with Crippen LogP contribution in [0.3, 0.4) is 0 Å². The second-order valence-corrected chi connectivity index (χ2v) is 11.5. The molecule has 1 aliphatic rings. The highest BCUT2D eigenvalue weighted by molar-refractivity contribution is 7.92. The Morgan fingerprint density at radius 1 is 1.14 bits per heavy atom. The fourth-order valence-electron chi connectivity index (χ4n) is 2.96. The van der Waals surface area contributed by atoms with Gasteiger partial charge in [-0.1, -0.05) is 0 Å². The maximum absolute atomic E-state index is 12.5. The molecule has 1 saturated heterocycles. The Balaban J connectivity index is 1.64. The summed E-state index contributed by atoms with van der Waals surface area (Å²) < 4.78 is 53.1. The van der Waals surface area contributed by atoms with Crippen LogP contribution in [0.5, 0.6) is 0 Å². The highest BCUT2D eigenvalue weighted by Gasteiger charge is 2.26. The lowest BCUT2D eigenvalue weighted by atomic mass is 10.3. The Morgan fingerprint density at radius 2 is 1.86 bits per heavy atom. The smallest absolute Gasteiger partial charge is 0.240 e. The van der Waals surface area contributed by atoms with Gasteiger partial charge in [-0.3, -0.25) is 9.10 Å². The fraction of sp³-hybridized carbons (Fsp3) is 0.389. The maximum Gasteiger partial charge on any atom is 0.240 e. The van der Waals surface area contributed by atoms with E-state index in [0.717, 1.165) is 11.3 Å². The summed E-state index contributed by atoms with van der Waals surface area (Å²) in [6.45, 7) is 2.12. The van der Waals surface area contributed by atoms with E-state index in [1.54, 1.807) is 6.07 Å². The molecule has 3 rings (SSSR count). The molecule has 2 aromatic rings. The number of Topliss-reactive ketones (excluding diaryl/α,β-unsaturated/α-hetero) is 1. The van der Waals surface area contributed by atoms with E-state index in [-0.39, 0.29) is 23.0 Å². The van der Waals surface area contributed by atoms with Crippen molar-refractivity contribution in [1.82, 2.24) is 4.72 Å². The minimum atomic E-state index is -3.70. The topological polar surface area (TPSA) is 101 Å². The zero-order valence-corrected chi connectivity index (χ0v) is 17.9. The predicted octanol–water partition coefficient (Wildman–Crippen LogP) is 2.40. The number of benzene rings is 1. The first-order valence-electron chi connectivity index (χ1n) is 8.89. The van der Waals surface area contributed by atoms with Crippen LogP contribution in [-0.4, -0.2) is 41.5 Å². The van der Waals surface area contributed by atoms with E-state index >= 15 is 0 Å². The highest BCUT2D eigenvalue weighted by atomic mass is 32.2. The zero-order chi connectivity index (χ0) is 20.4. The number of hydrogen-bond acceptors (Lipinski definition) is 6. The molecule has 28 heavy (non-hydrogen) atoms. The van der Waals surface area contributed by atoms with Crippen molar-refractivity contribution in [3.8, 4) is 0 Å². The van der Waals surface area contributed by atoms with Crippen molar-refractivity contribution in [1.29, 1.82) is 0 Å². The molecule has 0 amide bonds. The molecular weight excluding hydrogens is 420 g/mol. The molecule has 0 atom stereocenters. The zero-order valence-electron chi connectivity index (χ0n) is 15.4. The van der Waals surface area contributed by atoms with Crippen molar-refractivity contribution in [3.05, 3.63) is 46.2 Å². The quantitative estimate of drug-likeness (QED) is 0.664. The van der Waals surface area contributed by atoms with Crippen molar-refractivity contribution in [3.63, 3.8) is 0 Å².